The predicted molar refractivity (Wildman–Crippen MR) is 118 cm³/mol. The highest BCUT2D eigenvalue weighted by molar-refractivity contribution is 5.97. The van der Waals surface area contributed by atoms with Gasteiger partial charge in [-0.1, -0.05) is 56.2 Å². The summed E-state index contributed by atoms with van der Waals surface area (Å²) in [6.45, 7) is 6.39. The molecule has 5 heteroatoms. The minimum absolute atomic E-state index is 0.308. The second-order valence-corrected chi connectivity index (χ2v) is 6.76. The second kappa shape index (κ2) is 12.4. The van der Waals surface area contributed by atoms with Gasteiger partial charge in [-0.15, -0.1) is 0 Å². The molecule has 1 N–H and O–H groups in total. The smallest absolute Gasteiger partial charge is 0.280 e. The molecule has 1 atom stereocenters. The van der Waals surface area contributed by atoms with E-state index in [2.05, 4.69) is 17.5 Å². The van der Waals surface area contributed by atoms with E-state index in [1.165, 1.54) is 6.42 Å². The molecule has 0 aromatic heterocycles. The summed E-state index contributed by atoms with van der Waals surface area (Å²) in [6, 6.07) is 17.2. The molecule has 0 radical (unpaired) electrons. The van der Waals surface area contributed by atoms with Crippen molar-refractivity contribution < 1.29 is 14.3 Å². The Morgan fingerprint density at radius 1 is 1.07 bits per heavy atom. The Morgan fingerprint density at radius 3 is 2.45 bits per heavy atom. The average molecular weight is 395 g/mol. The van der Waals surface area contributed by atoms with Crippen molar-refractivity contribution in [3.8, 4) is 11.5 Å². The maximum atomic E-state index is 12.2. The predicted octanol–water partition coefficient (Wildman–Crippen LogP) is 5.23. The van der Waals surface area contributed by atoms with Crippen LogP contribution >= 0.6 is 0 Å². The standard InChI is InChI=1S/C24H30N2O3/c1-4-5-9-18-28-22-14-16-23(17-15-22)29-20(3)24(27)26-25-19(2)12-13-21-10-7-6-8-11-21/h6-8,10-17,20H,4-5,9,18H2,1-3H3,(H,26,27)/b13-12+,25-19+. The molecule has 0 spiro atoms. The summed E-state index contributed by atoms with van der Waals surface area (Å²) in [5, 5.41) is 4.10. The highest BCUT2D eigenvalue weighted by Gasteiger charge is 2.14. The lowest BCUT2D eigenvalue weighted by Gasteiger charge is -2.13. The third-order valence-corrected chi connectivity index (χ3v) is 4.18. The van der Waals surface area contributed by atoms with Crippen LogP contribution in [0.1, 0.15) is 45.6 Å². The topological polar surface area (TPSA) is 59.9 Å². The number of rotatable bonds is 11. The maximum Gasteiger partial charge on any atom is 0.280 e. The first kappa shape index (κ1) is 22.2. The molecule has 0 aliphatic rings. The third-order valence-electron chi connectivity index (χ3n) is 4.18. The highest BCUT2D eigenvalue weighted by atomic mass is 16.5. The number of hydrogen-bond donors (Lipinski definition) is 1. The van der Waals surface area contributed by atoms with E-state index in [-0.39, 0.29) is 5.91 Å². The quantitative estimate of drug-likeness (QED) is 0.323. The van der Waals surface area contributed by atoms with Crippen molar-refractivity contribution in [3.63, 3.8) is 0 Å². The van der Waals surface area contributed by atoms with Gasteiger partial charge >= 0.3 is 0 Å². The number of ether oxygens (including phenoxy) is 2. The summed E-state index contributed by atoms with van der Waals surface area (Å²) in [7, 11) is 0. The number of benzene rings is 2. The van der Waals surface area contributed by atoms with Crippen molar-refractivity contribution in [3.05, 3.63) is 66.2 Å². The van der Waals surface area contributed by atoms with Crippen LogP contribution in [0.5, 0.6) is 11.5 Å². The monoisotopic (exact) mass is 394 g/mol. The molecule has 2 aromatic carbocycles. The Balaban J connectivity index is 1.78. The number of amides is 1. The molecule has 1 amide bonds. The molecule has 0 aliphatic carbocycles. The van der Waals surface area contributed by atoms with Gasteiger partial charge in [0.1, 0.15) is 11.5 Å². The number of unbranched alkanes of at least 4 members (excludes halogenated alkanes) is 2. The third kappa shape index (κ3) is 8.64. The van der Waals surface area contributed by atoms with Gasteiger partial charge in [0.15, 0.2) is 6.10 Å². The van der Waals surface area contributed by atoms with Gasteiger partial charge in [0, 0.05) is 0 Å². The van der Waals surface area contributed by atoms with E-state index in [0.29, 0.717) is 18.1 Å². The minimum Gasteiger partial charge on any atom is -0.494 e. The molecule has 154 valence electrons. The number of allylic oxidation sites excluding steroid dienone is 1. The average Bonchev–Trinajstić information content (AvgIpc) is 2.75. The summed E-state index contributed by atoms with van der Waals surface area (Å²) in [5.41, 5.74) is 4.30. The van der Waals surface area contributed by atoms with Gasteiger partial charge in [0.05, 0.1) is 12.3 Å². The van der Waals surface area contributed by atoms with Crippen LogP contribution in [0, 0.1) is 0 Å². The zero-order valence-corrected chi connectivity index (χ0v) is 17.4. The van der Waals surface area contributed by atoms with E-state index >= 15 is 0 Å². The molecule has 0 fully saturated rings. The van der Waals surface area contributed by atoms with Crippen molar-refractivity contribution >= 4 is 17.7 Å². The number of nitrogens with one attached hydrogen (secondary N) is 1. The zero-order chi connectivity index (χ0) is 20.9. The van der Waals surface area contributed by atoms with E-state index in [9.17, 15) is 4.79 Å². The second-order valence-electron chi connectivity index (χ2n) is 6.76. The number of carbonyl (C=O) groups excluding carboxylic acids is 1. The van der Waals surface area contributed by atoms with Crippen molar-refractivity contribution in [2.75, 3.05) is 6.61 Å². The van der Waals surface area contributed by atoms with Gasteiger partial charge in [-0.05, 0) is 56.2 Å². The molecule has 1 unspecified atom stereocenters. The molecule has 0 saturated heterocycles. The van der Waals surface area contributed by atoms with Crippen LogP contribution in [0.3, 0.4) is 0 Å². The molecule has 0 bridgehead atoms. The lowest BCUT2D eigenvalue weighted by atomic mass is 10.2. The van der Waals surface area contributed by atoms with Crippen LogP contribution in [0.4, 0.5) is 0 Å². The fourth-order valence-electron chi connectivity index (χ4n) is 2.47. The first-order chi connectivity index (χ1) is 14.1. The largest absolute Gasteiger partial charge is 0.494 e. The SMILES string of the molecule is CCCCCOc1ccc(OC(C)C(=O)N/N=C(C)/C=C/c2ccccc2)cc1. The van der Waals surface area contributed by atoms with Crippen molar-refractivity contribution in [2.45, 2.75) is 46.1 Å². The van der Waals surface area contributed by atoms with Gasteiger partial charge in [0.2, 0.25) is 0 Å². The zero-order valence-electron chi connectivity index (χ0n) is 17.4. The van der Waals surface area contributed by atoms with Gasteiger partial charge < -0.3 is 9.47 Å². The Labute approximate surface area is 173 Å². The van der Waals surface area contributed by atoms with E-state index in [1.54, 1.807) is 19.1 Å². The summed E-state index contributed by atoms with van der Waals surface area (Å²) < 4.78 is 11.4. The Hall–Kier alpha value is -3.08. The number of nitrogens with zero attached hydrogens (tertiary/aromatic N) is 1. The van der Waals surface area contributed by atoms with Crippen LogP contribution in [0.25, 0.3) is 6.08 Å². The lowest BCUT2D eigenvalue weighted by Crippen LogP contribution is -2.33. The van der Waals surface area contributed by atoms with E-state index in [0.717, 1.165) is 24.2 Å². The molecular weight excluding hydrogens is 364 g/mol. The van der Waals surface area contributed by atoms with E-state index in [4.69, 9.17) is 9.47 Å². The normalized spacial score (nSPS) is 12.6. The van der Waals surface area contributed by atoms with Crippen LogP contribution in [0.2, 0.25) is 0 Å². The minimum atomic E-state index is -0.666. The molecule has 0 saturated carbocycles. The molecule has 2 rings (SSSR count). The Kier molecular flexibility index (Phi) is 9.49. The summed E-state index contributed by atoms with van der Waals surface area (Å²) in [5.74, 6) is 1.10. The van der Waals surface area contributed by atoms with Crippen LogP contribution in [-0.4, -0.2) is 24.3 Å². The maximum absolute atomic E-state index is 12.2. The van der Waals surface area contributed by atoms with E-state index < -0.39 is 6.10 Å². The molecule has 2 aromatic rings. The van der Waals surface area contributed by atoms with Gasteiger partial charge in [0.25, 0.3) is 5.91 Å². The molecule has 0 aliphatic heterocycles. The fourth-order valence-corrected chi connectivity index (χ4v) is 2.47. The highest BCUT2D eigenvalue weighted by Crippen LogP contribution is 2.19. The molecule has 0 heterocycles. The molecule has 5 nitrogen and oxygen atoms in total. The number of hydrazone groups is 1. The first-order valence-corrected chi connectivity index (χ1v) is 10.0. The Morgan fingerprint density at radius 2 is 1.76 bits per heavy atom. The first-order valence-electron chi connectivity index (χ1n) is 10.0. The van der Waals surface area contributed by atoms with E-state index in [1.807, 2.05) is 61.5 Å². The van der Waals surface area contributed by atoms with Gasteiger partial charge in [-0.2, -0.15) is 5.10 Å². The van der Waals surface area contributed by atoms with Crippen molar-refractivity contribution in [1.82, 2.24) is 5.43 Å². The molecular formula is C24H30N2O3. The van der Waals surface area contributed by atoms with Gasteiger partial charge in [-0.3, -0.25) is 4.79 Å². The van der Waals surface area contributed by atoms with Crippen LogP contribution in [-0.2, 0) is 4.79 Å². The summed E-state index contributed by atoms with van der Waals surface area (Å²) in [6.07, 6.45) is 6.51. The van der Waals surface area contributed by atoms with Crippen LogP contribution in [0.15, 0.2) is 65.8 Å². The number of hydrogen-bond acceptors (Lipinski definition) is 4. The van der Waals surface area contributed by atoms with Gasteiger partial charge in [-0.25, -0.2) is 5.43 Å². The molecule has 29 heavy (non-hydrogen) atoms. The van der Waals surface area contributed by atoms with Crippen LogP contribution < -0.4 is 14.9 Å². The lowest BCUT2D eigenvalue weighted by molar-refractivity contribution is -0.127. The Bertz CT molecular complexity index is 799. The summed E-state index contributed by atoms with van der Waals surface area (Å²) >= 11 is 0. The fraction of sp³-hybridized carbons (Fsp3) is 0.333. The summed E-state index contributed by atoms with van der Waals surface area (Å²) in [4.78, 5) is 12.2. The van der Waals surface area contributed by atoms with Crippen molar-refractivity contribution in [2.24, 2.45) is 5.10 Å². The van der Waals surface area contributed by atoms with Crippen molar-refractivity contribution in [1.29, 1.82) is 0 Å². The number of carbonyl (C=O) groups is 1.